The van der Waals surface area contributed by atoms with E-state index >= 15 is 0 Å². The largest absolute Gasteiger partial charge is 0.550 e. The molecule has 0 fully saturated rings. The SMILES string of the molecule is CNc1ccc(C(c2ccc(C)c(CN3CCCn4cncc4C3)c2)C(C)(C)C(=O)[O-])c(C)c1N=N. The lowest BCUT2D eigenvalue weighted by Gasteiger charge is -2.37. The summed E-state index contributed by atoms with van der Waals surface area (Å²) in [6, 6.07) is 10.1. The van der Waals surface area contributed by atoms with Gasteiger partial charge in [0.2, 0.25) is 0 Å². The number of hydrogen-bond acceptors (Lipinski definition) is 7. The van der Waals surface area contributed by atoms with Gasteiger partial charge in [-0.1, -0.05) is 38.1 Å². The Morgan fingerprint density at radius 1 is 1.25 bits per heavy atom. The van der Waals surface area contributed by atoms with Crippen molar-refractivity contribution in [2.45, 2.75) is 59.7 Å². The lowest BCUT2D eigenvalue weighted by molar-refractivity contribution is -0.318. The molecule has 4 rings (SSSR count). The Bertz CT molecular complexity index is 1280. The zero-order chi connectivity index (χ0) is 26.0. The third kappa shape index (κ3) is 4.78. The molecule has 1 unspecified atom stereocenters. The molecule has 8 heteroatoms. The predicted octanol–water partition coefficient (Wildman–Crippen LogP) is 4.52. The van der Waals surface area contributed by atoms with E-state index in [9.17, 15) is 9.90 Å². The average Bonchev–Trinajstić information content (AvgIpc) is 3.19. The Kier molecular flexibility index (Phi) is 7.26. The van der Waals surface area contributed by atoms with Gasteiger partial charge in [-0.25, -0.2) is 10.5 Å². The van der Waals surface area contributed by atoms with E-state index in [2.05, 4.69) is 43.9 Å². The highest BCUT2D eigenvalue weighted by Crippen LogP contribution is 2.45. The molecule has 1 atom stereocenters. The van der Waals surface area contributed by atoms with Crippen LogP contribution in [0.2, 0.25) is 0 Å². The minimum atomic E-state index is -1.19. The third-order valence-corrected chi connectivity index (χ3v) is 7.57. The van der Waals surface area contributed by atoms with E-state index in [4.69, 9.17) is 5.53 Å². The summed E-state index contributed by atoms with van der Waals surface area (Å²) in [5.41, 5.74) is 13.9. The van der Waals surface area contributed by atoms with Gasteiger partial charge in [-0.2, -0.15) is 5.11 Å². The Morgan fingerprint density at radius 2 is 2.03 bits per heavy atom. The smallest absolute Gasteiger partial charge is 0.111 e. The van der Waals surface area contributed by atoms with Gasteiger partial charge in [0.15, 0.2) is 0 Å². The molecule has 8 nitrogen and oxygen atoms in total. The third-order valence-electron chi connectivity index (χ3n) is 7.57. The van der Waals surface area contributed by atoms with Crippen LogP contribution < -0.4 is 10.4 Å². The molecule has 36 heavy (non-hydrogen) atoms. The number of carbonyl (C=O) groups is 1. The minimum Gasteiger partial charge on any atom is -0.550 e. The number of imidazole rings is 1. The average molecular weight is 488 g/mol. The normalized spacial score (nSPS) is 15.1. The Balaban J connectivity index is 1.77. The number of nitrogens with one attached hydrogen (secondary N) is 2. The number of fused-ring (bicyclic) bond motifs is 1. The summed E-state index contributed by atoms with van der Waals surface area (Å²) in [4.78, 5) is 19.1. The summed E-state index contributed by atoms with van der Waals surface area (Å²) >= 11 is 0. The van der Waals surface area contributed by atoms with Crippen LogP contribution in [0, 0.1) is 24.8 Å². The summed E-state index contributed by atoms with van der Waals surface area (Å²) in [6.45, 7) is 11.0. The molecule has 0 bridgehead atoms. The maximum absolute atomic E-state index is 12.4. The number of carbonyl (C=O) groups excluding carboxylic acids is 1. The monoisotopic (exact) mass is 487 g/mol. The van der Waals surface area contributed by atoms with Crippen LogP contribution in [0.15, 0.2) is 48.0 Å². The molecule has 0 saturated carbocycles. The van der Waals surface area contributed by atoms with Gasteiger partial charge in [0.05, 0.1) is 17.7 Å². The first-order valence-electron chi connectivity index (χ1n) is 12.4. The van der Waals surface area contributed by atoms with Crippen LogP contribution in [0.3, 0.4) is 0 Å². The van der Waals surface area contributed by atoms with Crippen LogP contribution in [-0.4, -0.2) is 34.0 Å². The molecule has 2 heterocycles. The van der Waals surface area contributed by atoms with Gasteiger partial charge in [0.1, 0.15) is 5.69 Å². The molecule has 2 aromatic carbocycles. The van der Waals surface area contributed by atoms with Crippen LogP contribution in [0.1, 0.15) is 59.7 Å². The maximum Gasteiger partial charge on any atom is 0.111 e. The number of aryl methyl sites for hydroxylation is 2. The summed E-state index contributed by atoms with van der Waals surface area (Å²) in [6.07, 6.45) is 4.89. The molecule has 0 aliphatic carbocycles. The number of rotatable bonds is 8. The second-order valence-electron chi connectivity index (χ2n) is 10.3. The van der Waals surface area contributed by atoms with E-state index in [1.54, 1.807) is 20.9 Å². The zero-order valence-electron chi connectivity index (χ0n) is 21.8. The van der Waals surface area contributed by atoms with E-state index in [0.717, 1.165) is 55.0 Å². The Morgan fingerprint density at radius 3 is 2.72 bits per heavy atom. The van der Waals surface area contributed by atoms with E-state index in [0.29, 0.717) is 5.69 Å². The first-order valence-corrected chi connectivity index (χ1v) is 12.4. The fourth-order valence-electron chi connectivity index (χ4n) is 5.35. The van der Waals surface area contributed by atoms with Crippen molar-refractivity contribution in [1.82, 2.24) is 14.5 Å². The number of carboxylic acid groups (broad SMARTS) is 1. The highest BCUT2D eigenvalue weighted by Gasteiger charge is 2.35. The van der Waals surface area contributed by atoms with E-state index in [1.165, 1.54) is 16.8 Å². The van der Waals surface area contributed by atoms with Crippen LogP contribution in [0.5, 0.6) is 0 Å². The second-order valence-corrected chi connectivity index (χ2v) is 10.3. The van der Waals surface area contributed by atoms with Crippen molar-refractivity contribution in [3.05, 3.63) is 76.4 Å². The van der Waals surface area contributed by atoms with Crippen molar-refractivity contribution in [2.75, 3.05) is 18.9 Å². The quantitative estimate of drug-likeness (QED) is 0.454. The second kappa shape index (κ2) is 10.2. The maximum atomic E-state index is 12.4. The molecule has 0 amide bonds. The number of aliphatic carboxylic acids is 1. The van der Waals surface area contributed by atoms with Gasteiger partial charge in [-0.05, 0) is 54.2 Å². The van der Waals surface area contributed by atoms with Crippen molar-refractivity contribution >= 4 is 17.3 Å². The highest BCUT2D eigenvalue weighted by molar-refractivity contribution is 5.76. The van der Waals surface area contributed by atoms with Crippen molar-refractivity contribution in [3.8, 4) is 0 Å². The molecule has 3 aromatic rings. The molecule has 1 aliphatic heterocycles. The van der Waals surface area contributed by atoms with Crippen LogP contribution >= 0.6 is 0 Å². The van der Waals surface area contributed by atoms with Gasteiger partial charge >= 0.3 is 0 Å². The summed E-state index contributed by atoms with van der Waals surface area (Å²) in [5.74, 6) is -1.59. The summed E-state index contributed by atoms with van der Waals surface area (Å²) < 4.78 is 2.22. The first kappa shape index (κ1) is 25.6. The molecule has 0 spiro atoms. The number of aromatic nitrogens is 2. The molecule has 1 aliphatic rings. The molecule has 0 radical (unpaired) electrons. The molecular formula is C28H35N6O2-. The van der Waals surface area contributed by atoms with Gasteiger partial charge < -0.3 is 19.8 Å². The van der Waals surface area contributed by atoms with Crippen molar-refractivity contribution < 1.29 is 9.90 Å². The van der Waals surface area contributed by atoms with Gasteiger partial charge in [-0.3, -0.25) is 4.90 Å². The number of hydrogen-bond donors (Lipinski definition) is 2. The van der Waals surface area contributed by atoms with E-state index in [1.807, 2.05) is 37.6 Å². The van der Waals surface area contributed by atoms with E-state index < -0.39 is 17.3 Å². The van der Waals surface area contributed by atoms with Crippen molar-refractivity contribution in [2.24, 2.45) is 10.5 Å². The van der Waals surface area contributed by atoms with Crippen LogP contribution in [-0.2, 0) is 24.4 Å². The van der Waals surface area contributed by atoms with Gasteiger partial charge in [0.25, 0.3) is 0 Å². The van der Waals surface area contributed by atoms with Gasteiger partial charge in [0, 0.05) is 56.7 Å². The number of nitrogens with zero attached hydrogens (tertiary/aromatic N) is 4. The first-order chi connectivity index (χ1) is 17.2. The van der Waals surface area contributed by atoms with Crippen molar-refractivity contribution in [1.29, 1.82) is 5.53 Å². The highest BCUT2D eigenvalue weighted by atomic mass is 16.4. The summed E-state index contributed by atoms with van der Waals surface area (Å²) in [5, 5.41) is 19.2. The molecule has 1 aromatic heterocycles. The van der Waals surface area contributed by atoms with Crippen LogP contribution in [0.25, 0.3) is 0 Å². The van der Waals surface area contributed by atoms with Gasteiger partial charge in [-0.15, -0.1) is 0 Å². The number of anilines is 1. The number of benzene rings is 2. The Labute approximate surface area is 212 Å². The lowest BCUT2D eigenvalue weighted by atomic mass is 9.69. The van der Waals surface area contributed by atoms with Crippen LogP contribution in [0.4, 0.5) is 11.4 Å². The fourth-order valence-corrected chi connectivity index (χ4v) is 5.35. The molecule has 0 saturated heterocycles. The zero-order valence-corrected chi connectivity index (χ0v) is 21.8. The number of carboxylic acids is 1. The molecular weight excluding hydrogens is 452 g/mol. The molecule has 2 N–H and O–H groups in total. The minimum absolute atomic E-state index is 0.473. The summed E-state index contributed by atoms with van der Waals surface area (Å²) in [7, 11) is 1.79. The van der Waals surface area contributed by atoms with Crippen molar-refractivity contribution in [3.63, 3.8) is 0 Å². The standard InChI is InChI=1S/C28H36N6O2/c1-18-7-8-20(13-21(18)15-33-11-6-12-34-17-31-14-22(34)16-33)25(28(3,4)27(35)36)23-9-10-24(30-5)26(32-29)19(23)2/h7-10,13-14,17,25,29-30H,6,11-12,15-16H2,1-5H3,(H,35,36)/p-1. The predicted molar refractivity (Wildman–Crippen MR) is 138 cm³/mol. The topological polar surface area (TPSA) is 109 Å². The molecule has 190 valence electrons. The fraction of sp³-hybridized carbons (Fsp3) is 0.429. The lowest BCUT2D eigenvalue weighted by Crippen LogP contribution is -2.42. The van der Waals surface area contributed by atoms with E-state index in [-0.39, 0.29) is 0 Å². The Hall–Kier alpha value is -3.52.